The minimum atomic E-state index is -0.383. The van der Waals surface area contributed by atoms with Crippen LogP contribution in [0.2, 0.25) is 0 Å². The van der Waals surface area contributed by atoms with Crippen molar-refractivity contribution in [2.24, 2.45) is 0 Å². The molecule has 6 saturated heterocycles. The second-order valence-electron chi connectivity index (χ2n) is 32.6. The van der Waals surface area contributed by atoms with Gasteiger partial charge in [-0.1, -0.05) is 98.8 Å². The van der Waals surface area contributed by atoms with Crippen molar-refractivity contribution in [2.45, 2.75) is 201 Å². The van der Waals surface area contributed by atoms with Crippen LogP contribution in [0.25, 0.3) is 44.3 Å². The third-order valence-electron chi connectivity index (χ3n) is 23.6. The van der Waals surface area contributed by atoms with Gasteiger partial charge in [-0.15, -0.1) is 0 Å². The van der Waals surface area contributed by atoms with Gasteiger partial charge in [0.15, 0.2) is 11.3 Å². The number of aryl methyl sites for hydroxylation is 4. The average Bonchev–Trinajstić information content (AvgIpc) is 1.59. The number of nitrogens with zero attached hydrogens (tertiary/aromatic N) is 8. The largest absolute Gasteiger partial charge is 0.444 e. The van der Waals surface area contributed by atoms with Gasteiger partial charge >= 0.3 is 6.09 Å². The molecule has 4 aromatic heterocycles. The number of nitrogens with one attached hydrogen (secondary N) is 8. The highest BCUT2D eigenvalue weighted by atomic mass is 16.6. The molecule has 0 radical (unpaired) electrons. The number of pyridine rings is 2. The summed E-state index contributed by atoms with van der Waals surface area (Å²) >= 11 is 0. The maximum Gasteiger partial charge on any atom is 0.410 e. The number of hydrogen-bond donors (Lipinski definition) is 8. The molecular formula is C93H112N16O9. The predicted octanol–water partition coefficient (Wildman–Crippen LogP) is 13.2. The molecule has 25 nitrogen and oxygen atoms in total. The van der Waals surface area contributed by atoms with E-state index in [4.69, 9.17) is 24.2 Å². The Balaban J connectivity index is 0.000000167. The molecule has 0 aliphatic carbocycles. The minimum absolute atomic E-state index is 0.161. The lowest BCUT2D eigenvalue weighted by Crippen LogP contribution is -2.48. The standard InChI is InChI=1S/C44H52N8O3.C39H42N6O4.C10H18N2O2/c1-4-40-38(41(49-34-15-17-55-18-16-34)39-25-48-52(5-2)42(39)50-40)24-47-44(54)32-12-7-11-31(20-32)43(53)46-22-33-13-8-14-37(28(33)3)30-10-6-9-29(19-30)26-51-27-35-21-36(51)23-45-35;1-4-35-33(36(43-31-15-17-49-18-16-31)34-23-42-45(5-2)37(34)44-35)22-41-39(48)29-12-7-11-28(20-29)38(47)40-21-30-13-8-14-32(25(30)3)27-10-6-9-26(19-27)24-46;1-10(2,3)14-9(13)12-6-7-4-8(12)5-11-7/h6-14,19-20,25,34-36,45H,4-5,15-18,21-24,26-27H2,1-3H3,(H,46,53)(H,47,54)(H,49,50);6-14,19-20,23-24,31H,4-5,15-18,21-22H2,1-3H3,(H,40,47)(H,41,48)(H,43,44);7-8,11H,4-6H2,1-3H3/t35-,36-;;7-,8-/m0.0/s1. The molecule has 6 aliphatic heterocycles. The fourth-order valence-electron chi connectivity index (χ4n) is 17.1. The van der Waals surface area contributed by atoms with Crippen LogP contribution in [-0.2, 0) is 72.9 Å². The van der Waals surface area contributed by atoms with Gasteiger partial charge in [0.2, 0.25) is 0 Å². The Bertz CT molecular complexity index is 5290. The first-order valence-electron chi connectivity index (χ1n) is 42.0. The van der Waals surface area contributed by atoms with Crippen molar-refractivity contribution in [2.75, 3.05) is 63.2 Å². The van der Waals surface area contributed by atoms with E-state index in [2.05, 4.69) is 128 Å². The maximum atomic E-state index is 13.6. The summed E-state index contributed by atoms with van der Waals surface area (Å²) in [5, 5.41) is 37.9. The van der Waals surface area contributed by atoms with Crippen LogP contribution >= 0.6 is 0 Å². The van der Waals surface area contributed by atoms with E-state index in [9.17, 15) is 28.8 Å². The van der Waals surface area contributed by atoms with Crippen molar-refractivity contribution in [1.82, 2.24) is 71.2 Å². The molecule has 618 valence electrons. The van der Waals surface area contributed by atoms with Crippen LogP contribution in [0.1, 0.15) is 189 Å². The monoisotopic (exact) mass is 1600 g/mol. The van der Waals surface area contributed by atoms with Gasteiger partial charge in [-0.25, -0.2) is 24.1 Å². The van der Waals surface area contributed by atoms with E-state index < -0.39 is 0 Å². The molecule has 16 rings (SSSR count). The van der Waals surface area contributed by atoms with Gasteiger partial charge in [0.25, 0.3) is 23.6 Å². The third kappa shape index (κ3) is 19.6. The summed E-state index contributed by atoms with van der Waals surface area (Å²) in [5.74, 6) is -1.03. The number of benzene rings is 6. The number of piperazine rings is 2. The van der Waals surface area contributed by atoms with Crippen molar-refractivity contribution < 1.29 is 43.0 Å². The van der Waals surface area contributed by atoms with E-state index in [0.29, 0.717) is 104 Å². The molecule has 5 amide bonds. The molecule has 0 unspecified atom stereocenters. The molecule has 4 bridgehead atoms. The Labute approximate surface area is 690 Å². The summed E-state index contributed by atoms with van der Waals surface area (Å²) in [6.07, 6.45) is 11.7. The van der Waals surface area contributed by atoms with Crippen LogP contribution < -0.4 is 42.5 Å². The summed E-state index contributed by atoms with van der Waals surface area (Å²) in [6.45, 7) is 28.5. The smallest absolute Gasteiger partial charge is 0.410 e. The summed E-state index contributed by atoms with van der Waals surface area (Å²) < 4.78 is 20.3. The van der Waals surface area contributed by atoms with E-state index in [0.717, 1.165) is 180 Å². The van der Waals surface area contributed by atoms with Gasteiger partial charge < -0.3 is 61.6 Å². The Morgan fingerprint density at radius 1 is 0.534 bits per heavy atom. The molecule has 8 N–H and O–H groups in total. The summed E-state index contributed by atoms with van der Waals surface area (Å²) in [5.41, 5.74) is 19.0. The quantitative estimate of drug-likeness (QED) is 0.0247. The zero-order valence-electron chi connectivity index (χ0n) is 69.4. The number of amides is 5. The summed E-state index contributed by atoms with van der Waals surface area (Å²) in [6, 6.07) is 44.8. The van der Waals surface area contributed by atoms with Crippen LogP contribution in [0.3, 0.4) is 0 Å². The van der Waals surface area contributed by atoms with Crippen LogP contribution in [-0.4, -0.2) is 170 Å². The fourth-order valence-corrected chi connectivity index (χ4v) is 17.1. The van der Waals surface area contributed by atoms with E-state index >= 15 is 0 Å². The predicted molar refractivity (Wildman–Crippen MR) is 460 cm³/mol. The van der Waals surface area contributed by atoms with Crippen LogP contribution in [0, 0.1) is 13.8 Å². The Morgan fingerprint density at radius 2 is 0.975 bits per heavy atom. The average molecular weight is 1600 g/mol. The summed E-state index contributed by atoms with van der Waals surface area (Å²) in [7, 11) is 0. The number of anilines is 2. The maximum absolute atomic E-state index is 13.6. The molecule has 25 heteroatoms. The highest BCUT2D eigenvalue weighted by Gasteiger charge is 2.42. The van der Waals surface area contributed by atoms with Crippen LogP contribution in [0.4, 0.5) is 16.2 Å². The molecule has 0 spiro atoms. The Morgan fingerprint density at radius 3 is 1.40 bits per heavy atom. The molecule has 4 atom stereocenters. The van der Waals surface area contributed by atoms with Crippen LogP contribution in [0.5, 0.6) is 0 Å². The highest BCUT2D eigenvalue weighted by Crippen LogP contribution is 2.36. The SMILES string of the molecule is CC(C)(C)OC(=O)N1C[C@@H]2C[C@H]1CN2.CCc1nc2c(cnn2CC)c(NC2CCOCC2)c1CNC(=O)c1cccc(C(=O)NCc2cccc(-c3cccc(C=O)c3)c2C)c1.CCc1nc2c(cnn2CC)c(NC2CCOCC2)c1CNC(=O)c1cccc(C(=O)NCc2cccc(-c3cccc(CN4C[C@@H]5C[C@H]4CN5)c3)c2C)c1. The molecule has 6 fully saturated rings. The first-order valence-corrected chi connectivity index (χ1v) is 42.0. The zero-order valence-corrected chi connectivity index (χ0v) is 69.4. The number of ether oxygens (including phenoxy) is 3. The number of likely N-dealkylation sites (tertiary alicyclic amines) is 2. The van der Waals surface area contributed by atoms with E-state index in [1.54, 1.807) is 54.6 Å². The molecule has 118 heavy (non-hydrogen) atoms. The van der Waals surface area contributed by atoms with Gasteiger partial charge in [0, 0.05) is 185 Å². The van der Waals surface area contributed by atoms with Crippen molar-refractivity contribution >= 4 is 69.4 Å². The lowest BCUT2D eigenvalue weighted by Gasteiger charge is -2.30. The second kappa shape index (κ2) is 38.0. The number of rotatable bonds is 25. The van der Waals surface area contributed by atoms with E-state index in [1.807, 2.05) is 97.7 Å². The van der Waals surface area contributed by atoms with Crippen molar-refractivity contribution in [1.29, 1.82) is 0 Å². The second-order valence-corrected chi connectivity index (χ2v) is 32.6. The molecular weight excluding hydrogens is 1490 g/mol. The topological polar surface area (TPSA) is 294 Å². The fraction of sp³-hybridized carbons (Fsp3) is 0.419. The van der Waals surface area contributed by atoms with Crippen molar-refractivity contribution in [3.05, 3.63) is 224 Å². The molecule has 10 aromatic rings. The number of hydrogen-bond acceptors (Lipinski definition) is 18. The van der Waals surface area contributed by atoms with Gasteiger partial charge in [-0.05, 0) is 198 Å². The molecule has 0 saturated carbocycles. The normalized spacial score (nSPS) is 17.8. The first kappa shape index (κ1) is 83.3. The van der Waals surface area contributed by atoms with Crippen LogP contribution in [0.15, 0.2) is 146 Å². The lowest BCUT2D eigenvalue weighted by molar-refractivity contribution is 0.0204. The van der Waals surface area contributed by atoms with E-state index in [-0.39, 0.29) is 54.0 Å². The first-order chi connectivity index (χ1) is 57.2. The highest BCUT2D eigenvalue weighted by molar-refractivity contribution is 6.01. The van der Waals surface area contributed by atoms with E-state index in [1.165, 1.54) is 23.1 Å². The Kier molecular flexibility index (Phi) is 26.8. The van der Waals surface area contributed by atoms with Gasteiger partial charge in [0.1, 0.15) is 11.9 Å². The third-order valence-corrected chi connectivity index (χ3v) is 23.6. The summed E-state index contributed by atoms with van der Waals surface area (Å²) in [4.78, 5) is 91.3. The number of carbonyl (C=O) groups is 6. The van der Waals surface area contributed by atoms with Crippen molar-refractivity contribution in [3.63, 3.8) is 0 Å². The Hall–Kier alpha value is -11.2. The number of aldehydes is 1. The lowest BCUT2D eigenvalue weighted by atomic mass is 9.95. The molecule has 10 heterocycles. The minimum Gasteiger partial charge on any atom is -0.444 e. The van der Waals surface area contributed by atoms with Gasteiger partial charge in [0.05, 0.1) is 34.5 Å². The number of carbonyl (C=O) groups excluding carboxylic acids is 6. The number of fused-ring (bicyclic) bond motifs is 6. The van der Waals surface area contributed by atoms with Gasteiger partial charge in [-0.2, -0.15) is 10.2 Å². The van der Waals surface area contributed by atoms with Crippen molar-refractivity contribution in [3.8, 4) is 22.3 Å². The zero-order chi connectivity index (χ0) is 82.6. The van der Waals surface area contributed by atoms with Gasteiger partial charge in [-0.3, -0.25) is 28.9 Å². The molecule has 6 aromatic carbocycles. The number of aromatic nitrogens is 6. The molecule has 6 aliphatic rings.